The van der Waals surface area contributed by atoms with E-state index in [0.29, 0.717) is 24.2 Å². The van der Waals surface area contributed by atoms with E-state index in [0.717, 1.165) is 25.7 Å². The van der Waals surface area contributed by atoms with Gasteiger partial charge in [0, 0.05) is 24.7 Å². The molecule has 0 aliphatic heterocycles. The molecule has 2 aromatic rings. The molecule has 0 aliphatic rings. The number of nitrogens with one attached hydrogen (secondary N) is 2. The van der Waals surface area contributed by atoms with Crippen LogP contribution in [0.3, 0.4) is 0 Å². The van der Waals surface area contributed by atoms with Crippen molar-refractivity contribution in [1.82, 2.24) is 15.6 Å². The lowest BCUT2D eigenvalue weighted by molar-refractivity contribution is -0.383. The summed E-state index contributed by atoms with van der Waals surface area (Å²) in [6.07, 6.45) is 20.2. The number of nitro groups is 1. The standard InChI is InChI=1S/C30H49N5O6/c1-2-3-4-5-6-7-8-9-10-11-12-13-15-18-28(37)26(23-36)32-29(38)19-16-14-17-20-31-24-21-25-30(34-41-33-25)27(22-24)35(39)40/h15,18,21-22,26,28,31,36-37H,2-14,16-17,19-20,23H2,1H3,(H,32,38)/b18-15+/t26-,28-/m1/s1. The van der Waals surface area contributed by atoms with Crippen molar-refractivity contribution < 1.29 is 24.6 Å². The van der Waals surface area contributed by atoms with Gasteiger partial charge in [-0.3, -0.25) is 14.9 Å². The number of carbonyl (C=O) groups excluding carboxylic acids is 1. The zero-order valence-corrected chi connectivity index (χ0v) is 24.6. The van der Waals surface area contributed by atoms with E-state index in [-0.39, 0.29) is 30.1 Å². The van der Waals surface area contributed by atoms with Crippen LogP contribution in [0.5, 0.6) is 0 Å². The molecule has 41 heavy (non-hydrogen) atoms. The number of carbonyl (C=O) groups is 1. The minimum atomic E-state index is -0.929. The van der Waals surface area contributed by atoms with Crippen molar-refractivity contribution in [2.75, 3.05) is 18.5 Å². The van der Waals surface area contributed by atoms with Gasteiger partial charge in [0.15, 0.2) is 0 Å². The van der Waals surface area contributed by atoms with Crippen LogP contribution in [0.4, 0.5) is 11.4 Å². The first kappa shape index (κ1) is 34.2. The maximum Gasteiger partial charge on any atom is 0.302 e. The third-order valence-corrected chi connectivity index (χ3v) is 7.21. The Hall–Kier alpha value is -3.05. The number of benzene rings is 1. The smallest absolute Gasteiger partial charge is 0.302 e. The summed E-state index contributed by atoms with van der Waals surface area (Å²) in [5, 5.41) is 44.3. The summed E-state index contributed by atoms with van der Waals surface area (Å²) in [7, 11) is 0. The Kier molecular flexibility index (Phi) is 17.3. The van der Waals surface area contributed by atoms with Crippen LogP contribution in [0.2, 0.25) is 0 Å². The van der Waals surface area contributed by atoms with E-state index in [9.17, 15) is 25.1 Å². The van der Waals surface area contributed by atoms with Crippen molar-refractivity contribution in [3.05, 3.63) is 34.4 Å². The predicted octanol–water partition coefficient (Wildman–Crippen LogP) is 6.20. The van der Waals surface area contributed by atoms with E-state index >= 15 is 0 Å². The number of hydrogen-bond acceptors (Lipinski definition) is 9. The minimum absolute atomic E-state index is 0.109. The highest BCUT2D eigenvalue weighted by molar-refractivity contribution is 5.87. The molecule has 0 fully saturated rings. The minimum Gasteiger partial charge on any atom is -0.394 e. The van der Waals surface area contributed by atoms with Gasteiger partial charge in [0.2, 0.25) is 11.4 Å². The highest BCUT2D eigenvalue weighted by Crippen LogP contribution is 2.27. The quantitative estimate of drug-likeness (QED) is 0.0494. The van der Waals surface area contributed by atoms with Crippen LogP contribution in [-0.2, 0) is 4.79 Å². The molecule has 0 radical (unpaired) electrons. The van der Waals surface area contributed by atoms with Crippen molar-refractivity contribution in [2.24, 2.45) is 0 Å². The molecule has 1 aromatic carbocycles. The summed E-state index contributed by atoms with van der Waals surface area (Å²) >= 11 is 0. The van der Waals surface area contributed by atoms with Crippen LogP contribution >= 0.6 is 0 Å². The zero-order valence-electron chi connectivity index (χ0n) is 24.6. The number of allylic oxidation sites excluding steroid dienone is 1. The number of aliphatic hydroxyl groups is 2. The number of aromatic nitrogens is 2. The number of hydrogen-bond donors (Lipinski definition) is 4. The summed E-state index contributed by atoms with van der Waals surface area (Å²) in [6, 6.07) is 2.31. The largest absolute Gasteiger partial charge is 0.394 e. The van der Waals surface area contributed by atoms with Crippen LogP contribution in [-0.4, -0.2) is 56.7 Å². The van der Waals surface area contributed by atoms with Gasteiger partial charge in [0.25, 0.3) is 0 Å². The lowest BCUT2D eigenvalue weighted by Gasteiger charge is -2.20. The van der Waals surface area contributed by atoms with E-state index < -0.39 is 17.1 Å². The number of nitro benzene ring substituents is 1. The third kappa shape index (κ3) is 13.9. The average Bonchev–Trinajstić information content (AvgIpc) is 3.44. The molecule has 0 saturated heterocycles. The first-order valence-corrected chi connectivity index (χ1v) is 15.4. The molecule has 11 heteroatoms. The molecule has 2 rings (SSSR count). The van der Waals surface area contributed by atoms with Crippen LogP contribution in [0.15, 0.2) is 28.9 Å². The number of amides is 1. The molecule has 1 heterocycles. The lowest BCUT2D eigenvalue weighted by atomic mass is 10.0. The lowest BCUT2D eigenvalue weighted by Crippen LogP contribution is -2.45. The van der Waals surface area contributed by atoms with Gasteiger partial charge < -0.3 is 20.8 Å². The van der Waals surface area contributed by atoms with Gasteiger partial charge in [0.05, 0.1) is 23.7 Å². The summed E-state index contributed by atoms with van der Waals surface area (Å²) in [4.78, 5) is 23.0. The monoisotopic (exact) mass is 575 g/mol. The maximum absolute atomic E-state index is 12.3. The van der Waals surface area contributed by atoms with Crippen molar-refractivity contribution in [1.29, 1.82) is 0 Å². The summed E-state index contributed by atoms with van der Waals surface area (Å²) in [5.74, 6) is -0.213. The number of anilines is 1. The Morgan fingerprint density at radius 3 is 2.32 bits per heavy atom. The topological polar surface area (TPSA) is 164 Å². The van der Waals surface area contributed by atoms with Crippen LogP contribution in [0.1, 0.15) is 110 Å². The fourth-order valence-electron chi connectivity index (χ4n) is 4.75. The SMILES string of the molecule is CCCCCCCCCCCCC/C=C/[C@@H](O)[C@@H](CO)NC(=O)CCCCCNc1cc([N+](=O)[O-])c2nonc2c1. The molecule has 1 aromatic heterocycles. The Bertz CT molecular complexity index is 1040. The van der Waals surface area contributed by atoms with E-state index in [2.05, 4.69) is 32.5 Å². The summed E-state index contributed by atoms with van der Waals surface area (Å²) in [5.41, 5.74) is 0.794. The number of nitrogens with zero attached hydrogens (tertiary/aromatic N) is 3. The molecular formula is C30H49N5O6. The number of fused-ring (bicyclic) bond motifs is 1. The molecule has 0 bridgehead atoms. The van der Waals surface area contributed by atoms with Gasteiger partial charge in [-0.2, -0.15) is 0 Å². The van der Waals surface area contributed by atoms with Gasteiger partial charge in [-0.1, -0.05) is 89.7 Å². The highest BCUT2D eigenvalue weighted by atomic mass is 16.6. The average molecular weight is 576 g/mol. The molecule has 0 aliphatic carbocycles. The van der Waals surface area contributed by atoms with E-state index in [4.69, 9.17) is 0 Å². The summed E-state index contributed by atoms with van der Waals surface area (Å²) in [6.45, 7) is 2.48. The van der Waals surface area contributed by atoms with Gasteiger partial charge in [-0.15, -0.1) is 0 Å². The Morgan fingerprint density at radius 1 is 1.00 bits per heavy atom. The Morgan fingerprint density at radius 2 is 1.66 bits per heavy atom. The van der Waals surface area contributed by atoms with Gasteiger partial charge >= 0.3 is 5.69 Å². The Labute approximate surface area is 243 Å². The molecule has 0 spiro atoms. The molecule has 0 unspecified atom stereocenters. The first-order chi connectivity index (χ1) is 20.0. The fourth-order valence-corrected chi connectivity index (χ4v) is 4.75. The second-order valence-electron chi connectivity index (χ2n) is 10.7. The molecule has 0 saturated carbocycles. The maximum atomic E-state index is 12.3. The second-order valence-corrected chi connectivity index (χ2v) is 10.7. The number of unbranched alkanes of at least 4 members (excludes halogenated alkanes) is 13. The van der Waals surface area contributed by atoms with E-state index in [1.807, 2.05) is 6.08 Å². The molecular weight excluding hydrogens is 526 g/mol. The van der Waals surface area contributed by atoms with E-state index in [1.54, 1.807) is 12.1 Å². The molecule has 230 valence electrons. The summed E-state index contributed by atoms with van der Waals surface area (Å²) < 4.78 is 4.59. The fraction of sp³-hybridized carbons (Fsp3) is 0.700. The van der Waals surface area contributed by atoms with Gasteiger partial charge in [0.1, 0.15) is 5.52 Å². The second kappa shape index (κ2) is 20.8. The molecule has 11 nitrogen and oxygen atoms in total. The highest BCUT2D eigenvalue weighted by Gasteiger charge is 2.19. The molecule has 4 N–H and O–H groups in total. The number of rotatable bonds is 24. The van der Waals surface area contributed by atoms with Crippen molar-refractivity contribution in [3.63, 3.8) is 0 Å². The van der Waals surface area contributed by atoms with Crippen LogP contribution in [0, 0.1) is 10.1 Å². The van der Waals surface area contributed by atoms with Crippen molar-refractivity contribution in [2.45, 2.75) is 122 Å². The molecule has 1 amide bonds. The van der Waals surface area contributed by atoms with Crippen LogP contribution in [0.25, 0.3) is 11.0 Å². The zero-order chi connectivity index (χ0) is 29.7. The Balaban J connectivity index is 1.52. The van der Waals surface area contributed by atoms with Gasteiger partial charge in [-0.25, -0.2) is 4.63 Å². The third-order valence-electron chi connectivity index (χ3n) is 7.21. The van der Waals surface area contributed by atoms with Crippen molar-refractivity contribution >= 4 is 28.3 Å². The predicted molar refractivity (Wildman–Crippen MR) is 161 cm³/mol. The van der Waals surface area contributed by atoms with Crippen LogP contribution < -0.4 is 10.6 Å². The molecule has 2 atom stereocenters. The van der Waals surface area contributed by atoms with Crippen molar-refractivity contribution in [3.8, 4) is 0 Å². The number of non-ortho nitro benzene ring substituents is 1. The normalized spacial score (nSPS) is 13.0. The van der Waals surface area contributed by atoms with Gasteiger partial charge in [-0.05, 0) is 42.1 Å². The number of aliphatic hydroxyl groups excluding tert-OH is 2. The first-order valence-electron chi connectivity index (χ1n) is 15.4. The van der Waals surface area contributed by atoms with E-state index in [1.165, 1.54) is 70.3 Å².